The van der Waals surface area contributed by atoms with Crippen LogP contribution < -0.4 is 14.2 Å². The quantitative estimate of drug-likeness (QED) is 0.812. The molecule has 5 nitrogen and oxygen atoms in total. The van der Waals surface area contributed by atoms with Crippen LogP contribution in [0.15, 0.2) is 18.2 Å². The van der Waals surface area contributed by atoms with Gasteiger partial charge < -0.3 is 14.2 Å². The molecule has 3 rings (SSSR count). The van der Waals surface area contributed by atoms with Crippen molar-refractivity contribution in [3.63, 3.8) is 0 Å². The highest BCUT2D eigenvalue weighted by atomic mass is 35.5. The minimum absolute atomic E-state index is 0.167. The van der Waals surface area contributed by atoms with Gasteiger partial charge in [0.2, 0.25) is 6.79 Å². The molecule has 0 unspecified atom stereocenters. The number of aldehydes is 1. The molecule has 0 saturated heterocycles. The van der Waals surface area contributed by atoms with Gasteiger partial charge in [0.1, 0.15) is 11.5 Å². The molecule has 0 atom stereocenters. The van der Waals surface area contributed by atoms with Crippen LogP contribution >= 0.6 is 22.9 Å². The van der Waals surface area contributed by atoms with E-state index < -0.39 is 0 Å². The highest BCUT2D eigenvalue weighted by Crippen LogP contribution is 2.33. The predicted molar refractivity (Wildman–Crippen MR) is 69.4 cm³/mol. The maximum absolute atomic E-state index is 10.6. The number of carbonyl (C=O) groups excluding carboxylic acids is 1. The van der Waals surface area contributed by atoms with E-state index in [9.17, 15) is 4.79 Å². The van der Waals surface area contributed by atoms with Crippen molar-refractivity contribution in [1.29, 1.82) is 0 Å². The van der Waals surface area contributed by atoms with Crippen molar-refractivity contribution in [3.05, 3.63) is 33.8 Å². The molecule has 1 aromatic carbocycles. The van der Waals surface area contributed by atoms with Crippen molar-refractivity contribution < 1.29 is 19.0 Å². The standard InChI is InChI=1S/C12H8ClNO4S/c13-11-10(4-15)19-12(14-11)16-5-7-1-2-8-9(3-7)18-6-17-8/h1-4H,5-6H2. The highest BCUT2D eigenvalue weighted by molar-refractivity contribution is 7.15. The molecule has 0 aliphatic carbocycles. The molecular formula is C12H8ClNO4S. The minimum atomic E-state index is 0.167. The van der Waals surface area contributed by atoms with Gasteiger partial charge in [-0.3, -0.25) is 4.79 Å². The van der Waals surface area contributed by atoms with Crippen LogP contribution in [0.3, 0.4) is 0 Å². The van der Waals surface area contributed by atoms with Gasteiger partial charge in [-0.05, 0) is 17.7 Å². The van der Waals surface area contributed by atoms with E-state index in [1.54, 1.807) is 0 Å². The first-order valence-corrected chi connectivity index (χ1v) is 6.58. The van der Waals surface area contributed by atoms with Gasteiger partial charge in [0.25, 0.3) is 5.19 Å². The highest BCUT2D eigenvalue weighted by Gasteiger charge is 2.14. The van der Waals surface area contributed by atoms with Gasteiger partial charge in [-0.25, -0.2) is 0 Å². The molecule has 98 valence electrons. The second-order valence-electron chi connectivity index (χ2n) is 3.73. The molecule has 0 fully saturated rings. The first kappa shape index (κ1) is 12.3. The van der Waals surface area contributed by atoms with Crippen LogP contribution in [0.5, 0.6) is 16.7 Å². The lowest BCUT2D eigenvalue weighted by Gasteiger charge is -2.03. The monoisotopic (exact) mass is 297 g/mol. The van der Waals surface area contributed by atoms with Gasteiger partial charge >= 0.3 is 0 Å². The fourth-order valence-corrected chi connectivity index (χ4v) is 2.51. The number of carbonyl (C=O) groups is 1. The Hall–Kier alpha value is -1.79. The molecular weight excluding hydrogens is 290 g/mol. The Bertz CT molecular complexity index is 628. The third kappa shape index (κ3) is 2.50. The molecule has 7 heteroatoms. The number of benzene rings is 1. The topological polar surface area (TPSA) is 57.7 Å². The van der Waals surface area contributed by atoms with Gasteiger partial charge in [-0.2, -0.15) is 4.98 Å². The zero-order chi connectivity index (χ0) is 13.2. The number of halogens is 1. The number of hydrogen-bond donors (Lipinski definition) is 0. The summed E-state index contributed by atoms with van der Waals surface area (Å²) in [5.74, 6) is 1.43. The zero-order valence-electron chi connectivity index (χ0n) is 9.59. The van der Waals surface area contributed by atoms with E-state index in [2.05, 4.69) is 4.98 Å². The third-order valence-electron chi connectivity index (χ3n) is 2.50. The van der Waals surface area contributed by atoms with Crippen molar-refractivity contribution in [2.45, 2.75) is 6.61 Å². The largest absolute Gasteiger partial charge is 0.465 e. The van der Waals surface area contributed by atoms with Crippen LogP contribution in [-0.2, 0) is 6.61 Å². The molecule has 0 bridgehead atoms. The summed E-state index contributed by atoms with van der Waals surface area (Å²) in [6.07, 6.45) is 0.660. The van der Waals surface area contributed by atoms with Crippen LogP contribution in [0, 0.1) is 0 Å². The fourth-order valence-electron chi connectivity index (χ4n) is 1.60. The minimum Gasteiger partial charge on any atom is -0.465 e. The van der Waals surface area contributed by atoms with E-state index in [0.29, 0.717) is 28.7 Å². The van der Waals surface area contributed by atoms with Gasteiger partial charge in [-0.15, -0.1) is 0 Å². The smallest absolute Gasteiger partial charge is 0.275 e. The van der Waals surface area contributed by atoms with E-state index in [1.807, 2.05) is 18.2 Å². The number of ether oxygens (including phenoxy) is 3. The Balaban J connectivity index is 1.70. The van der Waals surface area contributed by atoms with Crippen LogP contribution in [0.25, 0.3) is 0 Å². The molecule has 1 aromatic heterocycles. The molecule has 2 aromatic rings. The van der Waals surface area contributed by atoms with E-state index in [1.165, 1.54) is 0 Å². The summed E-state index contributed by atoms with van der Waals surface area (Å²) in [7, 11) is 0. The summed E-state index contributed by atoms with van der Waals surface area (Å²) < 4.78 is 16.0. The molecule has 2 heterocycles. The van der Waals surface area contributed by atoms with E-state index in [-0.39, 0.29) is 11.9 Å². The number of hydrogen-bond acceptors (Lipinski definition) is 6. The van der Waals surface area contributed by atoms with E-state index in [0.717, 1.165) is 22.6 Å². The Morgan fingerprint density at radius 2 is 2.26 bits per heavy atom. The Kier molecular flexibility index (Phi) is 3.27. The first-order valence-electron chi connectivity index (χ1n) is 5.39. The van der Waals surface area contributed by atoms with Crippen molar-refractivity contribution in [1.82, 2.24) is 4.98 Å². The average molecular weight is 298 g/mol. The molecule has 1 aliphatic rings. The van der Waals surface area contributed by atoms with Gasteiger partial charge in [-0.1, -0.05) is 29.0 Å². The summed E-state index contributed by atoms with van der Waals surface area (Å²) in [5.41, 5.74) is 0.920. The van der Waals surface area contributed by atoms with Crippen molar-refractivity contribution in [3.8, 4) is 16.7 Å². The molecule has 0 spiro atoms. The lowest BCUT2D eigenvalue weighted by atomic mass is 10.2. The molecule has 1 aliphatic heterocycles. The average Bonchev–Trinajstić information content (AvgIpc) is 3.01. The van der Waals surface area contributed by atoms with Crippen LogP contribution in [0.2, 0.25) is 5.15 Å². The lowest BCUT2D eigenvalue weighted by Crippen LogP contribution is -1.95. The molecule has 19 heavy (non-hydrogen) atoms. The molecule has 0 N–H and O–H groups in total. The molecule has 0 saturated carbocycles. The molecule has 0 amide bonds. The summed E-state index contributed by atoms with van der Waals surface area (Å²) in [6, 6.07) is 5.55. The predicted octanol–water partition coefficient (Wildman–Crippen LogP) is 2.92. The Morgan fingerprint density at radius 1 is 1.42 bits per heavy atom. The fraction of sp³-hybridized carbons (Fsp3) is 0.167. The van der Waals surface area contributed by atoms with E-state index in [4.69, 9.17) is 25.8 Å². The van der Waals surface area contributed by atoms with Gasteiger partial charge in [0.15, 0.2) is 22.9 Å². The van der Waals surface area contributed by atoms with Crippen LogP contribution in [-0.4, -0.2) is 18.1 Å². The SMILES string of the molecule is O=Cc1sc(OCc2ccc3c(c2)OCO3)nc1Cl. The Labute approximate surface area is 117 Å². The number of aromatic nitrogens is 1. The maximum Gasteiger partial charge on any atom is 0.275 e. The summed E-state index contributed by atoms with van der Waals surface area (Å²) in [6.45, 7) is 0.559. The van der Waals surface area contributed by atoms with Gasteiger partial charge in [0.05, 0.1) is 0 Å². The summed E-state index contributed by atoms with van der Waals surface area (Å²) in [5, 5.41) is 0.533. The number of thiazole rings is 1. The Morgan fingerprint density at radius 3 is 3.05 bits per heavy atom. The zero-order valence-corrected chi connectivity index (χ0v) is 11.2. The molecule has 0 radical (unpaired) electrons. The normalized spacial score (nSPS) is 12.5. The van der Waals surface area contributed by atoms with Crippen LogP contribution in [0.4, 0.5) is 0 Å². The van der Waals surface area contributed by atoms with Gasteiger partial charge in [0, 0.05) is 0 Å². The second-order valence-corrected chi connectivity index (χ2v) is 5.08. The second kappa shape index (κ2) is 5.07. The summed E-state index contributed by atoms with van der Waals surface area (Å²) in [4.78, 5) is 14.9. The maximum atomic E-state index is 10.6. The van der Waals surface area contributed by atoms with E-state index >= 15 is 0 Å². The van der Waals surface area contributed by atoms with Crippen molar-refractivity contribution in [2.75, 3.05) is 6.79 Å². The number of rotatable bonds is 4. The first-order chi connectivity index (χ1) is 9.26. The number of fused-ring (bicyclic) bond motifs is 1. The van der Waals surface area contributed by atoms with Crippen LogP contribution in [0.1, 0.15) is 15.2 Å². The van der Waals surface area contributed by atoms with Crippen molar-refractivity contribution >= 4 is 29.2 Å². The third-order valence-corrected chi connectivity index (χ3v) is 3.79. The lowest BCUT2D eigenvalue weighted by molar-refractivity contribution is 0.112. The summed E-state index contributed by atoms with van der Waals surface area (Å²) >= 11 is 6.87. The van der Waals surface area contributed by atoms with Crippen molar-refractivity contribution in [2.24, 2.45) is 0 Å². The number of nitrogens with zero attached hydrogens (tertiary/aromatic N) is 1.